The van der Waals surface area contributed by atoms with E-state index in [1.807, 2.05) is 0 Å². The molecule has 100 valence electrons. The van der Waals surface area contributed by atoms with E-state index in [0.717, 1.165) is 12.5 Å². The summed E-state index contributed by atoms with van der Waals surface area (Å²) in [6.45, 7) is 9.47. The van der Waals surface area contributed by atoms with Crippen molar-refractivity contribution in [3.63, 3.8) is 0 Å². The van der Waals surface area contributed by atoms with E-state index in [1.165, 1.54) is 6.42 Å². The lowest BCUT2D eigenvalue weighted by molar-refractivity contribution is -0.144. The summed E-state index contributed by atoms with van der Waals surface area (Å²) in [4.78, 5) is 13.7. The van der Waals surface area contributed by atoms with Crippen LogP contribution >= 0.6 is 0 Å². The van der Waals surface area contributed by atoms with Crippen LogP contribution in [0.3, 0.4) is 0 Å². The van der Waals surface area contributed by atoms with Crippen LogP contribution in [0.5, 0.6) is 0 Å². The van der Waals surface area contributed by atoms with Crippen LogP contribution in [0.25, 0.3) is 0 Å². The third-order valence-electron chi connectivity index (χ3n) is 4.13. The molecule has 0 aromatic rings. The minimum Gasteiger partial charge on any atom is -0.480 e. The molecular weight excluding hydrogens is 216 g/mol. The minimum absolute atomic E-state index is 0.295. The highest BCUT2D eigenvalue weighted by Crippen LogP contribution is 2.27. The van der Waals surface area contributed by atoms with Crippen LogP contribution in [-0.2, 0) is 4.79 Å². The number of likely N-dealkylation sites (N-methyl/N-ethyl adjacent to an activating group) is 1. The van der Waals surface area contributed by atoms with Gasteiger partial charge in [-0.15, -0.1) is 0 Å². The Hall–Kier alpha value is -0.610. The van der Waals surface area contributed by atoms with Gasteiger partial charge in [-0.3, -0.25) is 9.69 Å². The maximum absolute atomic E-state index is 11.3. The number of carboxylic acid groups (broad SMARTS) is 1. The summed E-state index contributed by atoms with van der Waals surface area (Å²) in [5, 5.41) is 12.2. The Morgan fingerprint density at radius 1 is 1.59 bits per heavy atom. The number of likely N-dealkylation sites (tertiary alicyclic amines) is 1. The fourth-order valence-electron chi connectivity index (χ4n) is 2.95. The molecule has 0 saturated carbocycles. The van der Waals surface area contributed by atoms with Crippen molar-refractivity contribution in [2.24, 2.45) is 5.92 Å². The van der Waals surface area contributed by atoms with Gasteiger partial charge in [-0.05, 0) is 46.6 Å². The first-order chi connectivity index (χ1) is 7.80. The van der Waals surface area contributed by atoms with Crippen molar-refractivity contribution in [1.29, 1.82) is 0 Å². The van der Waals surface area contributed by atoms with Crippen molar-refractivity contribution >= 4 is 5.97 Å². The molecule has 1 heterocycles. The summed E-state index contributed by atoms with van der Waals surface area (Å²) in [5.41, 5.74) is -0.828. The van der Waals surface area contributed by atoms with Crippen molar-refractivity contribution in [3.05, 3.63) is 0 Å². The van der Waals surface area contributed by atoms with Gasteiger partial charge in [-0.25, -0.2) is 0 Å². The molecule has 1 rings (SSSR count). The zero-order valence-electron chi connectivity index (χ0n) is 11.7. The van der Waals surface area contributed by atoms with E-state index in [1.54, 1.807) is 14.0 Å². The topological polar surface area (TPSA) is 52.6 Å². The van der Waals surface area contributed by atoms with Crippen LogP contribution in [0, 0.1) is 5.92 Å². The predicted molar refractivity (Wildman–Crippen MR) is 69.1 cm³/mol. The van der Waals surface area contributed by atoms with Crippen LogP contribution in [-0.4, -0.2) is 47.2 Å². The van der Waals surface area contributed by atoms with Gasteiger partial charge in [0, 0.05) is 18.6 Å². The van der Waals surface area contributed by atoms with Gasteiger partial charge in [0.05, 0.1) is 0 Å². The summed E-state index contributed by atoms with van der Waals surface area (Å²) in [6, 6.07) is 0.860. The third-order valence-corrected chi connectivity index (χ3v) is 4.13. The van der Waals surface area contributed by atoms with Gasteiger partial charge >= 0.3 is 5.97 Å². The molecule has 17 heavy (non-hydrogen) atoms. The van der Waals surface area contributed by atoms with Gasteiger partial charge in [-0.2, -0.15) is 0 Å². The first kappa shape index (κ1) is 14.5. The molecule has 1 aliphatic heterocycles. The lowest BCUT2D eigenvalue weighted by atomic mass is 9.93. The molecule has 0 amide bonds. The molecule has 1 aliphatic rings. The van der Waals surface area contributed by atoms with E-state index in [4.69, 9.17) is 0 Å². The molecule has 0 bridgehead atoms. The fraction of sp³-hybridized carbons (Fsp3) is 0.923. The Morgan fingerprint density at radius 3 is 2.53 bits per heavy atom. The van der Waals surface area contributed by atoms with E-state index in [0.29, 0.717) is 18.5 Å². The molecule has 0 aromatic heterocycles. The van der Waals surface area contributed by atoms with E-state index >= 15 is 0 Å². The lowest BCUT2D eigenvalue weighted by Gasteiger charge is -2.34. The molecule has 1 saturated heterocycles. The van der Waals surface area contributed by atoms with E-state index in [-0.39, 0.29) is 0 Å². The molecule has 2 N–H and O–H groups in total. The standard InChI is InChI=1S/C13H26N2O2/c1-9-6-10(2)15(8-9)11(3)7-13(4,14-5)12(16)17/h9-11,14H,6-8H2,1-5H3,(H,16,17). The number of carbonyl (C=O) groups is 1. The van der Waals surface area contributed by atoms with Crippen LogP contribution in [0.15, 0.2) is 0 Å². The van der Waals surface area contributed by atoms with Crippen LogP contribution in [0.4, 0.5) is 0 Å². The largest absolute Gasteiger partial charge is 0.480 e. The Balaban J connectivity index is 2.65. The molecule has 4 nitrogen and oxygen atoms in total. The predicted octanol–water partition coefficient (Wildman–Crippen LogP) is 1.56. The normalized spacial score (nSPS) is 31.1. The average Bonchev–Trinajstić information content (AvgIpc) is 2.57. The van der Waals surface area contributed by atoms with Gasteiger partial charge in [0.25, 0.3) is 0 Å². The molecule has 1 fully saturated rings. The SMILES string of the molecule is CNC(C)(CC(C)N1CC(C)CC1C)C(=O)O. The number of nitrogens with one attached hydrogen (secondary N) is 1. The van der Waals surface area contributed by atoms with Crippen LogP contribution < -0.4 is 5.32 Å². The highest BCUT2D eigenvalue weighted by atomic mass is 16.4. The van der Waals surface area contributed by atoms with Gasteiger partial charge in [0.15, 0.2) is 0 Å². The minimum atomic E-state index is -0.828. The van der Waals surface area contributed by atoms with E-state index in [9.17, 15) is 9.90 Å². The first-order valence-corrected chi connectivity index (χ1v) is 6.48. The summed E-state index contributed by atoms with van der Waals surface area (Å²) in [7, 11) is 1.72. The highest BCUT2D eigenvalue weighted by molar-refractivity contribution is 5.78. The molecule has 4 unspecified atom stereocenters. The monoisotopic (exact) mass is 242 g/mol. The molecule has 0 aliphatic carbocycles. The summed E-state index contributed by atoms with van der Waals surface area (Å²) in [6.07, 6.45) is 1.85. The number of rotatable bonds is 5. The number of hydrogen-bond acceptors (Lipinski definition) is 3. The first-order valence-electron chi connectivity index (χ1n) is 6.48. The smallest absolute Gasteiger partial charge is 0.323 e. The average molecular weight is 242 g/mol. The van der Waals surface area contributed by atoms with Crippen LogP contribution in [0.1, 0.15) is 40.5 Å². The maximum Gasteiger partial charge on any atom is 0.323 e. The third kappa shape index (κ3) is 3.19. The summed E-state index contributed by atoms with van der Waals surface area (Å²) >= 11 is 0. The second-order valence-corrected chi connectivity index (χ2v) is 5.83. The van der Waals surface area contributed by atoms with E-state index in [2.05, 4.69) is 31.0 Å². The fourth-order valence-corrected chi connectivity index (χ4v) is 2.95. The second kappa shape index (κ2) is 5.36. The van der Waals surface area contributed by atoms with Gasteiger partial charge in [0.1, 0.15) is 5.54 Å². The molecule has 0 aromatic carbocycles. The van der Waals surface area contributed by atoms with Crippen molar-refractivity contribution < 1.29 is 9.90 Å². The molecule has 4 heteroatoms. The number of nitrogens with zero attached hydrogens (tertiary/aromatic N) is 1. The lowest BCUT2D eigenvalue weighted by Crippen LogP contribution is -2.52. The van der Waals surface area contributed by atoms with Crippen molar-refractivity contribution in [2.45, 2.75) is 58.2 Å². The number of aliphatic carboxylic acids is 1. The molecule has 0 radical (unpaired) electrons. The highest BCUT2D eigenvalue weighted by Gasteiger charge is 2.37. The van der Waals surface area contributed by atoms with Gasteiger partial charge in [-0.1, -0.05) is 6.92 Å². The summed E-state index contributed by atoms with van der Waals surface area (Å²) < 4.78 is 0. The van der Waals surface area contributed by atoms with Crippen molar-refractivity contribution in [3.8, 4) is 0 Å². The zero-order chi connectivity index (χ0) is 13.2. The van der Waals surface area contributed by atoms with Crippen molar-refractivity contribution in [2.75, 3.05) is 13.6 Å². The molecule has 0 spiro atoms. The number of carboxylic acids is 1. The van der Waals surface area contributed by atoms with Crippen molar-refractivity contribution in [1.82, 2.24) is 10.2 Å². The molecule has 4 atom stereocenters. The van der Waals surface area contributed by atoms with Crippen LogP contribution in [0.2, 0.25) is 0 Å². The van der Waals surface area contributed by atoms with Gasteiger partial charge < -0.3 is 10.4 Å². The summed E-state index contributed by atoms with van der Waals surface area (Å²) in [5.74, 6) is -0.0510. The molecular formula is C13H26N2O2. The maximum atomic E-state index is 11.3. The van der Waals surface area contributed by atoms with Gasteiger partial charge in [0.2, 0.25) is 0 Å². The number of hydrogen-bond donors (Lipinski definition) is 2. The second-order valence-electron chi connectivity index (χ2n) is 5.83. The quantitative estimate of drug-likeness (QED) is 0.768. The zero-order valence-corrected chi connectivity index (χ0v) is 11.7. The Morgan fingerprint density at radius 2 is 2.18 bits per heavy atom. The van der Waals surface area contributed by atoms with E-state index < -0.39 is 11.5 Å². The Kier molecular flexibility index (Phi) is 4.55. The Bertz CT molecular complexity index is 283. The Labute approximate surface area is 104 Å².